The Balaban J connectivity index is 1.81. The standard InChI is InChI=1S/C16H29N3S/c1-2-15-18-19-16(20-15)17-14-12-10-8-6-4-3-5-7-9-11-13-14/h14H,2-13H2,1H3,(H,17,19). The minimum atomic E-state index is 0.604. The molecule has 3 nitrogen and oxygen atoms in total. The van der Waals surface area contributed by atoms with Crippen molar-refractivity contribution in [2.45, 2.75) is 90.0 Å². The molecule has 0 aromatic carbocycles. The second kappa shape index (κ2) is 9.32. The summed E-state index contributed by atoms with van der Waals surface area (Å²) in [7, 11) is 0. The molecule has 1 fully saturated rings. The van der Waals surface area contributed by atoms with Crippen molar-refractivity contribution in [1.82, 2.24) is 10.2 Å². The molecule has 0 atom stereocenters. The molecule has 1 aliphatic rings. The number of nitrogens with zero attached hydrogens (tertiary/aromatic N) is 2. The van der Waals surface area contributed by atoms with Gasteiger partial charge in [0.05, 0.1) is 0 Å². The van der Waals surface area contributed by atoms with E-state index in [1.54, 1.807) is 11.3 Å². The molecule has 0 bridgehead atoms. The van der Waals surface area contributed by atoms with Gasteiger partial charge in [-0.3, -0.25) is 0 Å². The van der Waals surface area contributed by atoms with E-state index in [0.717, 1.165) is 16.6 Å². The summed E-state index contributed by atoms with van der Waals surface area (Å²) in [5, 5.41) is 14.3. The first kappa shape index (κ1) is 15.7. The van der Waals surface area contributed by atoms with Gasteiger partial charge in [0.1, 0.15) is 5.01 Å². The van der Waals surface area contributed by atoms with Crippen LogP contribution in [0.1, 0.15) is 82.6 Å². The molecule has 1 N–H and O–H groups in total. The van der Waals surface area contributed by atoms with Gasteiger partial charge in [-0.15, -0.1) is 10.2 Å². The minimum Gasteiger partial charge on any atom is -0.357 e. The van der Waals surface area contributed by atoms with Crippen LogP contribution in [0.3, 0.4) is 0 Å². The Hall–Kier alpha value is -0.640. The Morgan fingerprint density at radius 3 is 1.95 bits per heavy atom. The summed E-state index contributed by atoms with van der Waals surface area (Å²) >= 11 is 1.72. The van der Waals surface area contributed by atoms with Crippen LogP contribution < -0.4 is 5.32 Å². The lowest BCUT2D eigenvalue weighted by Gasteiger charge is -2.18. The third-order valence-electron chi connectivity index (χ3n) is 4.20. The van der Waals surface area contributed by atoms with E-state index in [4.69, 9.17) is 0 Å². The van der Waals surface area contributed by atoms with Gasteiger partial charge in [0.25, 0.3) is 0 Å². The quantitative estimate of drug-likeness (QED) is 0.834. The summed E-state index contributed by atoms with van der Waals surface area (Å²) in [6, 6.07) is 0.604. The van der Waals surface area contributed by atoms with Crippen molar-refractivity contribution in [1.29, 1.82) is 0 Å². The van der Waals surface area contributed by atoms with E-state index in [1.165, 1.54) is 70.6 Å². The Morgan fingerprint density at radius 1 is 0.900 bits per heavy atom. The molecule has 1 aliphatic carbocycles. The average Bonchev–Trinajstić information content (AvgIpc) is 2.89. The summed E-state index contributed by atoms with van der Waals surface area (Å²) in [4.78, 5) is 0. The van der Waals surface area contributed by atoms with Gasteiger partial charge < -0.3 is 5.32 Å². The molecular weight excluding hydrogens is 266 g/mol. The molecule has 0 saturated heterocycles. The van der Waals surface area contributed by atoms with E-state index in [9.17, 15) is 0 Å². The monoisotopic (exact) mass is 295 g/mol. The number of rotatable bonds is 3. The molecule has 1 heterocycles. The zero-order chi connectivity index (χ0) is 14.0. The van der Waals surface area contributed by atoms with Crippen LogP contribution in [-0.2, 0) is 6.42 Å². The molecule has 0 unspecified atom stereocenters. The van der Waals surface area contributed by atoms with E-state index < -0.39 is 0 Å². The van der Waals surface area contributed by atoms with Crippen molar-refractivity contribution in [2.24, 2.45) is 0 Å². The first-order chi connectivity index (χ1) is 9.88. The number of hydrogen-bond donors (Lipinski definition) is 1. The van der Waals surface area contributed by atoms with Crippen LogP contribution >= 0.6 is 11.3 Å². The van der Waals surface area contributed by atoms with E-state index in [-0.39, 0.29) is 0 Å². The Kier molecular flexibility index (Phi) is 7.34. The van der Waals surface area contributed by atoms with E-state index in [1.807, 2.05) is 0 Å². The summed E-state index contributed by atoms with van der Waals surface area (Å²) in [5.41, 5.74) is 0. The maximum atomic E-state index is 4.27. The Labute approximate surface area is 127 Å². The largest absolute Gasteiger partial charge is 0.357 e. The molecule has 4 heteroatoms. The van der Waals surface area contributed by atoms with Crippen LogP contribution in [0.4, 0.5) is 5.13 Å². The molecule has 20 heavy (non-hydrogen) atoms. The first-order valence-corrected chi connectivity index (χ1v) is 9.29. The van der Waals surface area contributed by atoms with Gasteiger partial charge in [-0.05, 0) is 19.3 Å². The van der Waals surface area contributed by atoms with Gasteiger partial charge in [-0.1, -0.05) is 76.0 Å². The molecule has 0 spiro atoms. The topological polar surface area (TPSA) is 37.8 Å². The lowest BCUT2D eigenvalue weighted by molar-refractivity contribution is 0.480. The summed E-state index contributed by atoms with van der Waals surface area (Å²) in [6.45, 7) is 2.14. The van der Waals surface area contributed by atoms with Crippen LogP contribution in [0.2, 0.25) is 0 Å². The van der Waals surface area contributed by atoms with E-state index in [0.29, 0.717) is 6.04 Å². The van der Waals surface area contributed by atoms with Crippen molar-refractivity contribution in [3.63, 3.8) is 0 Å². The second-order valence-electron chi connectivity index (χ2n) is 5.96. The van der Waals surface area contributed by atoms with Crippen LogP contribution in [0.5, 0.6) is 0 Å². The minimum absolute atomic E-state index is 0.604. The number of nitrogens with one attached hydrogen (secondary N) is 1. The first-order valence-electron chi connectivity index (χ1n) is 8.47. The highest BCUT2D eigenvalue weighted by Crippen LogP contribution is 2.22. The lowest BCUT2D eigenvalue weighted by atomic mass is 9.98. The van der Waals surface area contributed by atoms with Gasteiger partial charge >= 0.3 is 0 Å². The zero-order valence-corrected chi connectivity index (χ0v) is 13.7. The molecule has 114 valence electrons. The summed E-state index contributed by atoms with van der Waals surface area (Å²) in [6.07, 6.45) is 16.3. The Bertz CT molecular complexity index is 352. The highest BCUT2D eigenvalue weighted by atomic mass is 32.1. The predicted octanol–water partition coefficient (Wildman–Crippen LogP) is 5.19. The molecule has 1 saturated carbocycles. The maximum absolute atomic E-state index is 4.27. The predicted molar refractivity (Wildman–Crippen MR) is 87.5 cm³/mol. The highest BCUT2D eigenvalue weighted by molar-refractivity contribution is 7.15. The fourth-order valence-electron chi connectivity index (χ4n) is 2.94. The van der Waals surface area contributed by atoms with Crippen LogP contribution in [-0.4, -0.2) is 16.2 Å². The van der Waals surface area contributed by atoms with Crippen molar-refractivity contribution in [2.75, 3.05) is 5.32 Å². The third-order valence-corrected chi connectivity index (χ3v) is 5.20. The Morgan fingerprint density at radius 2 is 1.45 bits per heavy atom. The fraction of sp³-hybridized carbons (Fsp3) is 0.875. The number of aromatic nitrogens is 2. The third kappa shape index (κ3) is 5.78. The molecule has 0 aliphatic heterocycles. The van der Waals surface area contributed by atoms with Crippen molar-refractivity contribution in [3.8, 4) is 0 Å². The second-order valence-corrected chi connectivity index (χ2v) is 7.02. The molecule has 1 aromatic heterocycles. The van der Waals surface area contributed by atoms with Gasteiger partial charge in [0, 0.05) is 6.04 Å². The van der Waals surface area contributed by atoms with Gasteiger partial charge in [-0.2, -0.15) is 0 Å². The van der Waals surface area contributed by atoms with Crippen LogP contribution in [0.15, 0.2) is 0 Å². The number of aryl methyl sites for hydroxylation is 1. The number of hydrogen-bond acceptors (Lipinski definition) is 4. The van der Waals surface area contributed by atoms with Crippen molar-refractivity contribution in [3.05, 3.63) is 5.01 Å². The molecular formula is C16H29N3S. The average molecular weight is 295 g/mol. The van der Waals surface area contributed by atoms with Gasteiger partial charge in [-0.25, -0.2) is 0 Å². The van der Waals surface area contributed by atoms with Crippen LogP contribution in [0.25, 0.3) is 0 Å². The van der Waals surface area contributed by atoms with E-state index >= 15 is 0 Å². The van der Waals surface area contributed by atoms with Crippen molar-refractivity contribution >= 4 is 16.5 Å². The molecule has 0 radical (unpaired) electrons. The van der Waals surface area contributed by atoms with Gasteiger partial charge in [0.15, 0.2) is 0 Å². The fourth-order valence-corrected chi connectivity index (χ4v) is 3.69. The smallest absolute Gasteiger partial charge is 0.205 e. The molecule has 2 rings (SSSR count). The van der Waals surface area contributed by atoms with E-state index in [2.05, 4.69) is 22.4 Å². The molecule has 1 aromatic rings. The normalized spacial score (nSPS) is 20.1. The zero-order valence-electron chi connectivity index (χ0n) is 12.9. The summed E-state index contributed by atoms with van der Waals surface area (Å²) in [5.74, 6) is 0. The lowest BCUT2D eigenvalue weighted by Crippen LogP contribution is -2.19. The number of anilines is 1. The van der Waals surface area contributed by atoms with Gasteiger partial charge in [0.2, 0.25) is 5.13 Å². The summed E-state index contributed by atoms with van der Waals surface area (Å²) < 4.78 is 0. The molecule has 0 amide bonds. The highest BCUT2D eigenvalue weighted by Gasteiger charge is 2.12. The maximum Gasteiger partial charge on any atom is 0.205 e. The van der Waals surface area contributed by atoms with Crippen molar-refractivity contribution < 1.29 is 0 Å². The SMILES string of the molecule is CCc1nnc(NC2CCCCCCCCCCC2)s1. The van der Waals surface area contributed by atoms with Crippen LogP contribution in [0, 0.1) is 0 Å².